The number of amides is 1. The fourth-order valence-corrected chi connectivity index (χ4v) is 5.53. The average Bonchev–Trinajstić information content (AvgIpc) is 3.02. The Kier molecular flexibility index (Phi) is 3.61. The number of aromatic nitrogens is 2. The second-order valence-corrected chi connectivity index (χ2v) is 8.93. The summed E-state index contributed by atoms with van der Waals surface area (Å²) in [7, 11) is 1.61. The van der Waals surface area contributed by atoms with Crippen molar-refractivity contribution in [3.8, 4) is 5.75 Å². The van der Waals surface area contributed by atoms with Crippen molar-refractivity contribution in [3.63, 3.8) is 0 Å². The van der Waals surface area contributed by atoms with Crippen molar-refractivity contribution in [2.24, 2.45) is 5.41 Å². The number of nitrogens with one attached hydrogen (secondary N) is 1. The van der Waals surface area contributed by atoms with E-state index < -0.39 is 5.41 Å². The van der Waals surface area contributed by atoms with E-state index >= 15 is 0 Å². The molecule has 1 fully saturated rings. The number of para-hydroxylation sites is 4. The first-order chi connectivity index (χ1) is 13.8. The second-order valence-electron chi connectivity index (χ2n) is 8.93. The third kappa shape index (κ3) is 2.08. The van der Waals surface area contributed by atoms with Crippen LogP contribution in [0.2, 0.25) is 0 Å². The molecule has 1 N–H and O–H groups in total. The van der Waals surface area contributed by atoms with Gasteiger partial charge in [0, 0.05) is 5.41 Å². The van der Waals surface area contributed by atoms with E-state index in [9.17, 15) is 4.79 Å². The molecular formula is C24H25N3O2. The Morgan fingerprint density at radius 1 is 0.931 bits per heavy atom. The molecule has 1 heterocycles. The second kappa shape index (κ2) is 5.78. The fraction of sp³-hybridized carbons (Fsp3) is 0.375. The minimum Gasteiger partial charge on any atom is -0.495 e. The molecule has 2 unspecified atom stereocenters. The molecule has 2 aliphatic carbocycles. The summed E-state index contributed by atoms with van der Waals surface area (Å²) in [6, 6.07) is 15.4. The average molecular weight is 387 g/mol. The third-order valence-corrected chi connectivity index (χ3v) is 7.69. The van der Waals surface area contributed by atoms with Crippen LogP contribution < -0.4 is 10.1 Å². The molecular weight excluding hydrogens is 362 g/mol. The van der Waals surface area contributed by atoms with Crippen molar-refractivity contribution in [3.05, 3.63) is 59.9 Å². The van der Waals surface area contributed by atoms with Gasteiger partial charge in [0.1, 0.15) is 5.75 Å². The Morgan fingerprint density at radius 2 is 1.55 bits per heavy atom. The molecule has 0 spiro atoms. The van der Waals surface area contributed by atoms with E-state index in [0.717, 1.165) is 35.3 Å². The van der Waals surface area contributed by atoms with Gasteiger partial charge in [-0.05, 0) is 42.5 Å². The monoisotopic (exact) mass is 387 g/mol. The summed E-state index contributed by atoms with van der Waals surface area (Å²) in [5, 5.41) is 3.15. The van der Waals surface area contributed by atoms with Crippen molar-refractivity contribution >= 4 is 22.6 Å². The van der Waals surface area contributed by atoms with Gasteiger partial charge in [-0.15, -0.1) is 0 Å². The summed E-state index contributed by atoms with van der Waals surface area (Å²) in [5.74, 6) is 0.623. The van der Waals surface area contributed by atoms with Gasteiger partial charge in [-0.1, -0.05) is 45.0 Å². The first kappa shape index (κ1) is 18.1. The number of benzene rings is 2. The van der Waals surface area contributed by atoms with E-state index in [2.05, 4.69) is 26.1 Å². The van der Waals surface area contributed by atoms with Crippen LogP contribution in [0.15, 0.2) is 48.5 Å². The zero-order valence-electron chi connectivity index (χ0n) is 17.2. The lowest BCUT2D eigenvalue weighted by Gasteiger charge is -2.39. The minimum atomic E-state index is -0.727. The van der Waals surface area contributed by atoms with Gasteiger partial charge in [-0.25, -0.2) is 9.97 Å². The molecule has 5 nitrogen and oxygen atoms in total. The van der Waals surface area contributed by atoms with E-state index in [1.54, 1.807) is 7.11 Å². The number of carbonyl (C=O) groups is 1. The summed E-state index contributed by atoms with van der Waals surface area (Å²) in [6.45, 7) is 6.62. The zero-order chi connectivity index (χ0) is 20.4. The van der Waals surface area contributed by atoms with Gasteiger partial charge in [0.2, 0.25) is 5.91 Å². The van der Waals surface area contributed by atoms with Gasteiger partial charge in [-0.2, -0.15) is 0 Å². The van der Waals surface area contributed by atoms with Crippen molar-refractivity contribution in [2.75, 3.05) is 12.4 Å². The molecule has 5 rings (SSSR count). The van der Waals surface area contributed by atoms with Gasteiger partial charge in [0.05, 0.1) is 40.6 Å². The first-order valence-corrected chi connectivity index (χ1v) is 10.1. The number of hydrogen-bond donors (Lipinski definition) is 1. The van der Waals surface area contributed by atoms with Crippen LogP contribution in [0.25, 0.3) is 11.0 Å². The molecule has 2 aliphatic rings. The summed E-state index contributed by atoms with van der Waals surface area (Å²) >= 11 is 0. The number of fused-ring (bicyclic) bond motifs is 6. The highest BCUT2D eigenvalue weighted by Crippen LogP contribution is 2.70. The van der Waals surface area contributed by atoms with E-state index in [0.29, 0.717) is 11.4 Å². The van der Waals surface area contributed by atoms with Gasteiger partial charge in [0.15, 0.2) is 0 Å². The molecule has 5 heteroatoms. The first-order valence-electron chi connectivity index (χ1n) is 10.1. The Labute approximate surface area is 170 Å². The van der Waals surface area contributed by atoms with Crippen LogP contribution in [0.1, 0.15) is 45.0 Å². The Balaban J connectivity index is 1.70. The SMILES string of the molecule is COc1ccccc1NC(=O)C12CCC(C)(c3nc4ccccc4nc31)C2(C)C. The number of nitrogens with zero attached hydrogens (tertiary/aromatic N) is 2. The van der Waals surface area contributed by atoms with E-state index in [1.807, 2.05) is 48.5 Å². The van der Waals surface area contributed by atoms with Crippen LogP contribution in [0.3, 0.4) is 0 Å². The quantitative estimate of drug-likeness (QED) is 0.713. The van der Waals surface area contributed by atoms with Crippen LogP contribution in [0, 0.1) is 5.41 Å². The predicted molar refractivity (Wildman–Crippen MR) is 113 cm³/mol. The molecule has 0 radical (unpaired) electrons. The highest BCUT2D eigenvalue weighted by atomic mass is 16.5. The van der Waals surface area contributed by atoms with Crippen LogP contribution in [-0.2, 0) is 15.6 Å². The van der Waals surface area contributed by atoms with Crippen LogP contribution in [0.4, 0.5) is 5.69 Å². The zero-order valence-corrected chi connectivity index (χ0v) is 17.2. The summed E-state index contributed by atoms with van der Waals surface area (Å²) in [5.41, 5.74) is 2.97. The van der Waals surface area contributed by atoms with Gasteiger partial charge in [-0.3, -0.25) is 4.79 Å². The lowest BCUT2D eigenvalue weighted by Crippen LogP contribution is -2.48. The molecule has 2 bridgehead atoms. The summed E-state index contributed by atoms with van der Waals surface area (Å²) in [4.78, 5) is 23.9. The number of rotatable bonds is 3. The maximum absolute atomic E-state index is 13.9. The molecule has 29 heavy (non-hydrogen) atoms. The van der Waals surface area contributed by atoms with E-state index in [4.69, 9.17) is 14.7 Å². The lowest BCUT2D eigenvalue weighted by molar-refractivity contribution is -0.125. The number of hydrogen-bond acceptors (Lipinski definition) is 4. The summed E-state index contributed by atoms with van der Waals surface area (Å²) in [6.07, 6.45) is 1.68. The fourth-order valence-electron chi connectivity index (χ4n) is 5.53. The molecule has 1 amide bonds. The van der Waals surface area contributed by atoms with E-state index in [1.165, 1.54) is 0 Å². The number of ether oxygens (including phenoxy) is 1. The van der Waals surface area contributed by atoms with Crippen LogP contribution in [-0.4, -0.2) is 23.0 Å². The van der Waals surface area contributed by atoms with Crippen molar-refractivity contribution < 1.29 is 9.53 Å². The highest BCUT2D eigenvalue weighted by molar-refractivity contribution is 6.02. The lowest BCUT2D eigenvalue weighted by atomic mass is 9.63. The molecule has 0 aliphatic heterocycles. The largest absolute Gasteiger partial charge is 0.495 e. The molecule has 148 valence electrons. The van der Waals surface area contributed by atoms with Crippen molar-refractivity contribution in [1.29, 1.82) is 0 Å². The molecule has 1 saturated carbocycles. The maximum atomic E-state index is 13.9. The number of methoxy groups -OCH3 is 1. The van der Waals surface area contributed by atoms with Crippen LogP contribution >= 0.6 is 0 Å². The van der Waals surface area contributed by atoms with Crippen molar-refractivity contribution in [1.82, 2.24) is 9.97 Å². The molecule has 1 aromatic heterocycles. The molecule has 2 atom stereocenters. The smallest absolute Gasteiger partial charge is 0.237 e. The van der Waals surface area contributed by atoms with Gasteiger partial charge < -0.3 is 10.1 Å². The summed E-state index contributed by atoms with van der Waals surface area (Å²) < 4.78 is 5.44. The van der Waals surface area contributed by atoms with E-state index in [-0.39, 0.29) is 16.7 Å². The highest BCUT2D eigenvalue weighted by Gasteiger charge is 2.73. The van der Waals surface area contributed by atoms with Gasteiger partial charge in [0.25, 0.3) is 0 Å². The maximum Gasteiger partial charge on any atom is 0.237 e. The van der Waals surface area contributed by atoms with Crippen LogP contribution in [0.5, 0.6) is 5.75 Å². The number of anilines is 1. The van der Waals surface area contributed by atoms with Crippen molar-refractivity contribution in [2.45, 2.75) is 44.4 Å². The standard InChI is InChI=1S/C24H25N3O2/c1-22(2)23(3)13-14-24(22,21(28)27-17-11-7-8-12-18(17)29-4)20-19(23)25-15-9-5-6-10-16(15)26-20/h5-12H,13-14H2,1-4H3,(H,27,28). The third-order valence-electron chi connectivity index (χ3n) is 7.69. The van der Waals surface area contributed by atoms with Gasteiger partial charge >= 0.3 is 0 Å². The number of carbonyl (C=O) groups excluding carboxylic acids is 1. The molecule has 2 aromatic carbocycles. The Morgan fingerprint density at radius 3 is 2.24 bits per heavy atom. The normalized spacial score (nSPS) is 26.3. The Bertz CT molecular complexity index is 1160. The minimum absolute atomic E-state index is 0.0287. The Hall–Kier alpha value is -2.95. The molecule has 0 saturated heterocycles. The molecule has 3 aromatic rings. The predicted octanol–water partition coefficient (Wildman–Crippen LogP) is 4.61. The topological polar surface area (TPSA) is 64.1 Å².